The molecule has 2 N–H and O–H groups in total. The van der Waals surface area contributed by atoms with E-state index in [9.17, 15) is 4.79 Å². The van der Waals surface area contributed by atoms with Crippen LogP contribution in [0.3, 0.4) is 0 Å². The van der Waals surface area contributed by atoms with Gasteiger partial charge in [-0.3, -0.25) is 9.52 Å². The number of nitrogens with one attached hydrogen (secondary N) is 1. The molecule has 0 radical (unpaired) electrons. The lowest BCUT2D eigenvalue weighted by Gasteiger charge is -2.37. The number of hydrogen-bond acceptors (Lipinski definition) is 6. The van der Waals surface area contributed by atoms with Crippen LogP contribution in [0, 0.1) is 0 Å². The monoisotopic (exact) mass is 460 g/mol. The fourth-order valence-corrected chi connectivity index (χ4v) is 5.40. The molecule has 0 saturated heterocycles. The number of hydrogen-bond donors (Lipinski definition) is 2. The summed E-state index contributed by atoms with van der Waals surface area (Å²) in [4.78, 5) is 15.4. The number of thioether (sulfide) groups is 1. The van der Waals surface area contributed by atoms with Gasteiger partial charge in [0.25, 0.3) is 0 Å². The normalized spacial score (nSPS) is 18.4. The van der Waals surface area contributed by atoms with E-state index in [0.717, 1.165) is 40.6 Å². The quantitative estimate of drug-likeness (QED) is 0.316. The van der Waals surface area contributed by atoms with Crippen LogP contribution in [0.4, 0.5) is 11.4 Å². The Kier molecular flexibility index (Phi) is 8.58. The Bertz CT molecular complexity index is 879. The molecule has 2 aromatic carbocycles. The van der Waals surface area contributed by atoms with Crippen LogP contribution in [0.15, 0.2) is 52.3 Å². The first kappa shape index (κ1) is 23.8. The van der Waals surface area contributed by atoms with E-state index in [2.05, 4.69) is 59.9 Å². The number of carbonyl (C=O) groups is 1. The van der Waals surface area contributed by atoms with E-state index in [-0.39, 0.29) is 18.6 Å². The van der Waals surface area contributed by atoms with Crippen LogP contribution >= 0.6 is 23.7 Å². The lowest BCUT2D eigenvalue weighted by atomic mass is 9.89. The zero-order chi connectivity index (χ0) is 22.3. The van der Waals surface area contributed by atoms with Crippen LogP contribution in [0.25, 0.3) is 0 Å². The summed E-state index contributed by atoms with van der Waals surface area (Å²) in [6.07, 6.45) is 6.52. The van der Waals surface area contributed by atoms with Crippen molar-refractivity contribution in [3.8, 4) is 5.75 Å². The summed E-state index contributed by atoms with van der Waals surface area (Å²) >= 11 is 3.29. The van der Waals surface area contributed by atoms with E-state index in [0.29, 0.717) is 0 Å². The van der Waals surface area contributed by atoms with E-state index >= 15 is 0 Å². The molecule has 0 unspecified atom stereocenters. The van der Waals surface area contributed by atoms with Gasteiger partial charge in [0, 0.05) is 17.8 Å². The molecule has 0 fully saturated rings. The van der Waals surface area contributed by atoms with Gasteiger partial charge in [0.2, 0.25) is 0 Å². The highest BCUT2D eigenvalue weighted by molar-refractivity contribution is 7.98. The summed E-state index contributed by atoms with van der Waals surface area (Å²) in [5, 5.41) is 8.96. The molecule has 0 aromatic heterocycles. The molecular weight excluding hydrogens is 428 g/mol. The predicted molar refractivity (Wildman–Crippen MR) is 131 cm³/mol. The van der Waals surface area contributed by atoms with E-state index in [1.165, 1.54) is 18.5 Å². The Morgan fingerprint density at radius 2 is 2.06 bits per heavy atom. The summed E-state index contributed by atoms with van der Waals surface area (Å²) in [6, 6.07) is 14.8. The molecule has 1 aliphatic heterocycles. The third-order valence-electron chi connectivity index (χ3n) is 5.70. The molecule has 0 aliphatic carbocycles. The number of aliphatic carboxylic acids is 1. The first-order chi connectivity index (χ1) is 15.0. The van der Waals surface area contributed by atoms with Gasteiger partial charge in [-0.15, -0.1) is 11.8 Å². The molecule has 2 aromatic rings. The van der Waals surface area contributed by atoms with Gasteiger partial charge in [-0.25, -0.2) is 0 Å². The molecule has 7 heteroatoms. The minimum absolute atomic E-state index is 0.000608. The van der Waals surface area contributed by atoms with Gasteiger partial charge in [-0.2, -0.15) is 0 Å². The minimum atomic E-state index is -0.851. The lowest BCUT2D eigenvalue weighted by Crippen LogP contribution is -2.48. The maximum absolute atomic E-state index is 10.9. The van der Waals surface area contributed by atoms with Crippen molar-refractivity contribution in [3.63, 3.8) is 0 Å². The molecule has 0 saturated carbocycles. The minimum Gasteiger partial charge on any atom is -0.492 e. The number of benzene rings is 2. The highest BCUT2D eigenvalue weighted by Gasteiger charge is 2.35. The van der Waals surface area contributed by atoms with E-state index in [4.69, 9.17) is 9.84 Å². The highest BCUT2D eigenvalue weighted by atomic mass is 32.2. The molecule has 168 valence electrons. The predicted octanol–water partition coefficient (Wildman–Crippen LogP) is 6.35. The molecule has 0 spiro atoms. The smallest absolute Gasteiger partial charge is 0.306 e. The third-order valence-corrected chi connectivity index (χ3v) is 7.54. The molecule has 1 atom stereocenters. The zero-order valence-corrected chi connectivity index (χ0v) is 20.2. The Morgan fingerprint density at radius 1 is 1.29 bits per heavy atom. The number of anilines is 2. The SMILES string of the molecule is CCCC[C@@]1(CC)CN(c2ccccc2)c2cc(SC)c(OCCC(=O)O)cc2SN1. The van der Waals surface area contributed by atoms with Crippen molar-refractivity contribution in [2.24, 2.45) is 0 Å². The van der Waals surface area contributed by atoms with Crippen LogP contribution in [-0.4, -0.2) is 36.0 Å². The number of fused-ring (bicyclic) bond motifs is 1. The van der Waals surface area contributed by atoms with Gasteiger partial charge in [0.1, 0.15) is 5.75 Å². The van der Waals surface area contributed by atoms with Gasteiger partial charge >= 0.3 is 5.97 Å². The summed E-state index contributed by atoms with van der Waals surface area (Å²) in [5.41, 5.74) is 2.33. The Morgan fingerprint density at radius 3 is 2.71 bits per heavy atom. The largest absolute Gasteiger partial charge is 0.492 e. The van der Waals surface area contributed by atoms with Crippen LogP contribution in [0.2, 0.25) is 0 Å². The number of unbranched alkanes of at least 4 members (excludes halogenated alkanes) is 1. The van der Waals surface area contributed by atoms with Crippen molar-refractivity contribution >= 4 is 41.1 Å². The molecule has 5 nitrogen and oxygen atoms in total. The van der Waals surface area contributed by atoms with Crippen LogP contribution in [0.1, 0.15) is 46.0 Å². The molecule has 1 aliphatic rings. The zero-order valence-electron chi connectivity index (χ0n) is 18.5. The summed E-state index contributed by atoms with van der Waals surface area (Å²) in [7, 11) is 0. The maximum Gasteiger partial charge on any atom is 0.306 e. The van der Waals surface area contributed by atoms with Crippen LogP contribution in [0.5, 0.6) is 5.75 Å². The Hall–Kier alpha value is -1.83. The van der Waals surface area contributed by atoms with Crippen molar-refractivity contribution in [3.05, 3.63) is 42.5 Å². The first-order valence-corrected chi connectivity index (χ1v) is 12.9. The second-order valence-corrected chi connectivity index (χ2v) is 9.52. The van der Waals surface area contributed by atoms with E-state index < -0.39 is 5.97 Å². The maximum atomic E-state index is 10.9. The number of para-hydroxylation sites is 1. The molecule has 1 heterocycles. The number of nitrogens with zero attached hydrogens (tertiary/aromatic N) is 1. The van der Waals surface area contributed by atoms with Gasteiger partial charge in [0.05, 0.1) is 28.5 Å². The topological polar surface area (TPSA) is 61.8 Å². The fraction of sp³-hybridized carbons (Fsp3) is 0.458. The summed E-state index contributed by atoms with van der Waals surface area (Å²) in [5.74, 6) is -0.109. The fourth-order valence-electron chi connectivity index (χ4n) is 3.77. The van der Waals surface area contributed by atoms with Gasteiger partial charge in [0.15, 0.2) is 0 Å². The molecule has 0 amide bonds. The van der Waals surface area contributed by atoms with E-state index in [1.807, 2.05) is 12.3 Å². The first-order valence-electron chi connectivity index (χ1n) is 10.8. The van der Waals surface area contributed by atoms with Crippen molar-refractivity contribution in [2.75, 3.05) is 24.3 Å². The lowest BCUT2D eigenvalue weighted by molar-refractivity contribution is -0.137. The third kappa shape index (κ3) is 5.90. The summed E-state index contributed by atoms with van der Waals surface area (Å²) in [6.45, 7) is 5.55. The molecule has 31 heavy (non-hydrogen) atoms. The Labute approximate surface area is 194 Å². The molecule has 0 bridgehead atoms. The van der Waals surface area contributed by atoms with Gasteiger partial charge < -0.3 is 14.7 Å². The van der Waals surface area contributed by atoms with Crippen molar-refractivity contribution in [2.45, 2.75) is 61.3 Å². The van der Waals surface area contributed by atoms with Crippen LogP contribution in [-0.2, 0) is 4.79 Å². The van der Waals surface area contributed by atoms with Crippen molar-refractivity contribution in [1.29, 1.82) is 0 Å². The van der Waals surface area contributed by atoms with Crippen molar-refractivity contribution in [1.82, 2.24) is 4.72 Å². The number of ether oxygens (including phenoxy) is 1. The second-order valence-electron chi connectivity index (χ2n) is 7.83. The highest BCUT2D eigenvalue weighted by Crippen LogP contribution is 2.45. The van der Waals surface area contributed by atoms with E-state index in [1.54, 1.807) is 23.7 Å². The Balaban J connectivity index is 2.03. The van der Waals surface area contributed by atoms with Gasteiger partial charge in [-0.1, -0.05) is 44.9 Å². The van der Waals surface area contributed by atoms with Crippen molar-refractivity contribution < 1.29 is 14.6 Å². The average molecular weight is 461 g/mol. The number of carboxylic acids is 1. The second kappa shape index (κ2) is 11.2. The molecular formula is C24H32N2O3S2. The van der Waals surface area contributed by atoms with Gasteiger partial charge in [-0.05, 0) is 55.3 Å². The van der Waals surface area contributed by atoms with Crippen LogP contribution < -0.4 is 14.4 Å². The average Bonchev–Trinajstić information content (AvgIpc) is 2.95. The number of carboxylic acid groups (broad SMARTS) is 1. The standard InChI is InChI=1S/C24H32N2O3S2/c1-4-6-13-24(5-2)17-26(18-10-8-7-9-11-18)19-15-22(30-3)20(16-21(19)31-25-24)29-14-12-23(27)28/h7-11,15-16,25H,4-6,12-14,17H2,1-3H3,(H,27,28)/t24-/m0/s1. The molecule has 3 rings (SSSR count). The summed E-state index contributed by atoms with van der Waals surface area (Å²) < 4.78 is 9.66. The number of rotatable bonds is 10.